The van der Waals surface area contributed by atoms with E-state index in [-0.39, 0.29) is 16.8 Å². The first kappa shape index (κ1) is 12.6. The monoisotopic (exact) mass is 246 g/mol. The largest absolute Gasteiger partial charge is 0.362 e. The van der Waals surface area contributed by atoms with Gasteiger partial charge in [-0.2, -0.15) is 0 Å². The molecule has 0 radical (unpaired) electrons. The number of nitrogens with zero attached hydrogens (tertiary/aromatic N) is 3. The highest BCUT2D eigenvalue weighted by Gasteiger charge is 2.18. The maximum absolute atomic E-state index is 11.1. The minimum atomic E-state index is -0.961. The predicted molar refractivity (Wildman–Crippen MR) is 61.9 cm³/mol. The van der Waals surface area contributed by atoms with E-state index in [0.29, 0.717) is 6.54 Å². The zero-order chi connectivity index (χ0) is 12.3. The van der Waals surface area contributed by atoms with Gasteiger partial charge in [0.2, 0.25) is 5.82 Å². The highest BCUT2D eigenvalue weighted by atomic mass is 32.2. The average molecular weight is 246 g/mol. The molecule has 0 fully saturated rings. The van der Waals surface area contributed by atoms with Gasteiger partial charge in [0.1, 0.15) is 6.20 Å². The van der Waals surface area contributed by atoms with Crippen LogP contribution in [0.3, 0.4) is 0 Å². The van der Waals surface area contributed by atoms with Gasteiger partial charge < -0.3 is 5.32 Å². The van der Waals surface area contributed by atoms with Crippen molar-refractivity contribution in [1.29, 1.82) is 0 Å². The van der Waals surface area contributed by atoms with Crippen LogP contribution in [0.25, 0.3) is 0 Å². The van der Waals surface area contributed by atoms with Crippen LogP contribution in [0.1, 0.15) is 6.92 Å². The van der Waals surface area contributed by atoms with Crippen molar-refractivity contribution in [2.24, 2.45) is 7.05 Å². The van der Waals surface area contributed by atoms with Crippen molar-refractivity contribution in [1.82, 2.24) is 9.78 Å². The second-order valence-electron chi connectivity index (χ2n) is 3.48. The zero-order valence-corrected chi connectivity index (χ0v) is 10.2. The van der Waals surface area contributed by atoms with Crippen molar-refractivity contribution >= 4 is 22.3 Å². The van der Waals surface area contributed by atoms with Crippen LogP contribution >= 0.6 is 0 Å². The molecule has 1 N–H and O–H groups in total. The standard InChI is InChI=1S/C8H14N4O3S/c1-6(16(3)15)4-9-8-7(12(13)14)5-11(2)10-8/h5-6H,4H2,1-3H3,(H,9,10). The molecule has 0 amide bonds. The molecule has 0 aliphatic rings. The van der Waals surface area contributed by atoms with E-state index in [1.807, 2.05) is 0 Å². The molecule has 0 aromatic carbocycles. The smallest absolute Gasteiger partial charge is 0.330 e. The van der Waals surface area contributed by atoms with Gasteiger partial charge in [0, 0.05) is 35.9 Å². The van der Waals surface area contributed by atoms with E-state index in [2.05, 4.69) is 10.4 Å². The molecule has 16 heavy (non-hydrogen) atoms. The van der Waals surface area contributed by atoms with Gasteiger partial charge in [-0.25, -0.2) is 0 Å². The SMILES string of the molecule is CC(CNc1nn(C)cc1[N+](=O)[O-])S(C)=O. The Labute approximate surface area is 95.4 Å². The van der Waals surface area contributed by atoms with Crippen molar-refractivity contribution in [3.8, 4) is 0 Å². The van der Waals surface area contributed by atoms with Gasteiger partial charge in [-0.1, -0.05) is 0 Å². The Morgan fingerprint density at radius 3 is 2.88 bits per heavy atom. The molecule has 0 saturated heterocycles. The highest BCUT2D eigenvalue weighted by molar-refractivity contribution is 7.84. The number of hydrogen-bond acceptors (Lipinski definition) is 5. The summed E-state index contributed by atoms with van der Waals surface area (Å²) in [4.78, 5) is 10.2. The fourth-order valence-electron chi connectivity index (χ4n) is 1.09. The number of rotatable bonds is 5. The molecule has 1 rings (SSSR count). The first-order valence-electron chi connectivity index (χ1n) is 4.66. The summed E-state index contributed by atoms with van der Waals surface area (Å²) < 4.78 is 12.5. The van der Waals surface area contributed by atoms with Gasteiger partial charge in [-0.15, -0.1) is 5.10 Å². The second-order valence-corrected chi connectivity index (χ2v) is 5.29. The Hall–Kier alpha value is -1.44. The molecular weight excluding hydrogens is 232 g/mol. The van der Waals surface area contributed by atoms with Crippen LogP contribution in [0.15, 0.2) is 6.20 Å². The summed E-state index contributed by atoms with van der Waals surface area (Å²) in [5.74, 6) is 0.213. The highest BCUT2D eigenvalue weighted by Crippen LogP contribution is 2.21. The third-order valence-electron chi connectivity index (χ3n) is 2.13. The lowest BCUT2D eigenvalue weighted by molar-refractivity contribution is -0.384. The molecule has 1 heterocycles. The normalized spacial score (nSPS) is 14.4. The quantitative estimate of drug-likeness (QED) is 0.603. The van der Waals surface area contributed by atoms with Gasteiger partial charge >= 0.3 is 5.69 Å². The third-order valence-corrected chi connectivity index (χ3v) is 3.43. The van der Waals surface area contributed by atoms with E-state index in [4.69, 9.17) is 0 Å². The number of nitro groups is 1. The number of nitrogens with one attached hydrogen (secondary N) is 1. The van der Waals surface area contributed by atoms with Crippen molar-refractivity contribution < 1.29 is 9.13 Å². The van der Waals surface area contributed by atoms with E-state index in [9.17, 15) is 14.3 Å². The number of hydrogen-bond donors (Lipinski definition) is 1. The summed E-state index contributed by atoms with van der Waals surface area (Å²) in [5.41, 5.74) is -0.0726. The first-order chi connectivity index (χ1) is 7.41. The summed E-state index contributed by atoms with van der Waals surface area (Å²) in [5, 5.41) is 17.3. The number of anilines is 1. The van der Waals surface area contributed by atoms with E-state index in [1.165, 1.54) is 10.9 Å². The molecule has 90 valence electrons. The first-order valence-corrected chi connectivity index (χ1v) is 6.28. The molecule has 0 saturated carbocycles. The summed E-state index contributed by atoms with van der Waals surface area (Å²) in [6.45, 7) is 2.19. The van der Waals surface area contributed by atoms with E-state index in [0.717, 1.165) is 0 Å². The van der Waals surface area contributed by atoms with Gasteiger partial charge in [-0.3, -0.25) is 19.0 Å². The van der Waals surface area contributed by atoms with Crippen LogP contribution < -0.4 is 5.32 Å². The summed E-state index contributed by atoms with van der Waals surface area (Å²) >= 11 is 0. The van der Waals surface area contributed by atoms with Crippen molar-refractivity contribution in [2.75, 3.05) is 18.1 Å². The molecule has 2 unspecified atom stereocenters. The Kier molecular flexibility index (Phi) is 3.99. The third kappa shape index (κ3) is 3.02. The van der Waals surface area contributed by atoms with Crippen LogP contribution in [0.2, 0.25) is 0 Å². The van der Waals surface area contributed by atoms with Gasteiger partial charge in [0.05, 0.1) is 4.92 Å². The molecule has 2 atom stereocenters. The molecule has 0 aliphatic carbocycles. The fourth-order valence-corrected chi connectivity index (χ4v) is 1.41. The fraction of sp³-hybridized carbons (Fsp3) is 0.625. The van der Waals surface area contributed by atoms with Crippen LogP contribution in [-0.2, 0) is 17.8 Å². The maximum Gasteiger partial charge on any atom is 0.330 e. The average Bonchev–Trinajstić information content (AvgIpc) is 2.56. The lowest BCUT2D eigenvalue weighted by Crippen LogP contribution is -2.21. The Morgan fingerprint density at radius 1 is 1.75 bits per heavy atom. The molecule has 8 heteroatoms. The van der Waals surface area contributed by atoms with Crippen LogP contribution in [0.5, 0.6) is 0 Å². The van der Waals surface area contributed by atoms with E-state index >= 15 is 0 Å². The number of aryl methyl sites for hydroxylation is 1. The number of aromatic nitrogens is 2. The molecule has 1 aromatic heterocycles. The van der Waals surface area contributed by atoms with Crippen LogP contribution in [-0.4, -0.2) is 37.0 Å². The van der Waals surface area contributed by atoms with Crippen LogP contribution in [0, 0.1) is 10.1 Å². The van der Waals surface area contributed by atoms with E-state index < -0.39 is 15.7 Å². The van der Waals surface area contributed by atoms with Crippen molar-refractivity contribution in [3.05, 3.63) is 16.3 Å². The topological polar surface area (TPSA) is 90.1 Å². The molecule has 1 aromatic rings. The van der Waals surface area contributed by atoms with Crippen molar-refractivity contribution in [2.45, 2.75) is 12.2 Å². The predicted octanol–water partition coefficient (Wildman–Crippen LogP) is 0.507. The Balaban J connectivity index is 2.73. The summed E-state index contributed by atoms with van der Waals surface area (Å²) in [6, 6.07) is 0. The Bertz CT molecular complexity index is 417. The zero-order valence-electron chi connectivity index (χ0n) is 9.34. The Morgan fingerprint density at radius 2 is 2.38 bits per heavy atom. The van der Waals surface area contributed by atoms with Gasteiger partial charge in [0.15, 0.2) is 0 Å². The van der Waals surface area contributed by atoms with Gasteiger partial charge in [-0.05, 0) is 6.92 Å². The van der Waals surface area contributed by atoms with Gasteiger partial charge in [0.25, 0.3) is 0 Å². The maximum atomic E-state index is 11.1. The lowest BCUT2D eigenvalue weighted by atomic mass is 10.4. The molecule has 0 aliphatic heterocycles. The molecule has 7 nitrogen and oxygen atoms in total. The second kappa shape index (κ2) is 5.06. The molecule has 0 bridgehead atoms. The minimum Gasteiger partial charge on any atom is -0.362 e. The summed E-state index contributed by atoms with van der Waals surface area (Å²) in [7, 11) is 0.649. The summed E-state index contributed by atoms with van der Waals surface area (Å²) in [6.07, 6.45) is 2.93. The van der Waals surface area contributed by atoms with Crippen LogP contribution in [0.4, 0.5) is 11.5 Å². The minimum absolute atomic E-state index is 0.0726. The van der Waals surface area contributed by atoms with E-state index in [1.54, 1.807) is 20.2 Å². The van der Waals surface area contributed by atoms with Crippen molar-refractivity contribution in [3.63, 3.8) is 0 Å². The molecule has 0 spiro atoms. The lowest BCUT2D eigenvalue weighted by Gasteiger charge is -2.08. The molecular formula is C8H14N4O3S.